The molecule has 0 saturated heterocycles. The van der Waals surface area contributed by atoms with Gasteiger partial charge in [-0.1, -0.05) is 11.6 Å². The molecule has 0 aliphatic carbocycles. The minimum Gasteiger partial charge on any atom is -0.260 e. The standard InChI is InChI=1S/C4H4BrClN2/c1-8-4(5)3(6)2-7-8/h2H,1H3. The van der Waals surface area contributed by atoms with E-state index in [0.717, 1.165) is 4.60 Å². The lowest BCUT2D eigenvalue weighted by molar-refractivity contribution is 0.750. The Morgan fingerprint density at radius 3 is 2.62 bits per heavy atom. The molecule has 1 rings (SSSR count). The highest BCUT2D eigenvalue weighted by Crippen LogP contribution is 2.19. The van der Waals surface area contributed by atoms with Gasteiger partial charge in [-0.05, 0) is 15.9 Å². The zero-order valence-electron chi connectivity index (χ0n) is 4.23. The fourth-order valence-corrected chi connectivity index (χ4v) is 0.756. The summed E-state index contributed by atoms with van der Waals surface area (Å²) >= 11 is 8.82. The molecule has 0 aliphatic rings. The molecule has 0 bridgehead atoms. The van der Waals surface area contributed by atoms with E-state index < -0.39 is 0 Å². The molecule has 0 unspecified atom stereocenters. The second-order valence-electron chi connectivity index (χ2n) is 1.41. The van der Waals surface area contributed by atoms with Gasteiger partial charge in [-0.25, -0.2) is 0 Å². The van der Waals surface area contributed by atoms with E-state index in [-0.39, 0.29) is 0 Å². The predicted molar refractivity (Wildman–Crippen MR) is 35.9 cm³/mol. The Balaban J connectivity index is 3.19. The highest BCUT2D eigenvalue weighted by molar-refractivity contribution is 9.10. The number of aromatic nitrogens is 2. The Hall–Kier alpha value is -0.0200. The number of hydrogen-bond donors (Lipinski definition) is 0. The van der Waals surface area contributed by atoms with Gasteiger partial charge in [0.1, 0.15) is 4.60 Å². The molecule has 0 amide bonds. The van der Waals surface area contributed by atoms with E-state index in [1.54, 1.807) is 10.9 Å². The maximum atomic E-state index is 5.60. The van der Waals surface area contributed by atoms with Crippen LogP contribution in [0.25, 0.3) is 0 Å². The Morgan fingerprint density at radius 1 is 1.88 bits per heavy atom. The Labute approximate surface area is 60.6 Å². The minimum atomic E-state index is 0.646. The summed E-state index contributed by atoms with van der Waals surface area (Å²) in [6.07, 6.45) is 1.59. The van der Waals surface area contributed by atoms with Gasteiger partial charge in [0.05, 0.1) is 11.2 Å². The molecule has 0 aromatic carbocycles. The maximum absolute atomic E-state index is 5.60. The van der Waals surface area contributed by atoms with Crippen molar-refractivity contribution in [2.75, 3.05) is 0 Å². The number of aryl methyl sites for hydroxylation is 1. The summed E-state index contributed by atoms with van der Waals surface area (Å²) in [6, 6.07) is 0. The third kappa shape index (κ3) is 0.880. The summed E-state index contributed by atoms with van der Waals surface area (Å²) in [7, 11) is 1.82. The number of nitrogens with zero attached hydrogens (tertiary/aromatic N) is 2. The first kappa shape index (κ1) is 6.11. The number of hydrogen-bond acceptors (Lipinski definition) is 1. The topological polar surface area (TPSA) is 17.8 Å². The average Bonchev–Trinajstić information content (AvgIpc) is 1.98. The summed E-state index contributed by atoms with van der Waals surface area (Å²) < 4.78 is 2.47. The molecule has 0 aliphatic heterocycles. The van der Waals surface area contributed by atoms with Gasteiger partial charge in [-0.3, -0.25) is 4.68 Å². The second kappa shape index (κ2) is 2.07. The van der Waals surface area contributed by atoms with Crippen molar-refractivity contribution in [1.82, 2.24) is 9.78 Å². The van der Waals surface area contributed by atoms with Crippen LogP contribution in [0.2, 0.25) is 5.02 Å². The average molecular weight is 195 g/mol. The molecular weight excluding hydrogens is 191 g/mol. The molecule has 0 spiro atoms. The van der Waals surface area contributed by atoms with Crippen LogP contribution in [0.4, 0.5) is 0 Å². The van der Waals surface area contributed by atoms with Gasteiger partial charge < -0.3 is 0 Å². The summed E-state index contributed by atoms with van der Waals surface area (Å²) in [5, 5.41) is 4.50. The van der Waals surface area contributed by atoms with Crippen LogP contribution in [-0.4, -0.2) is 9.78 Å². The molecule has 0 fully saturated rings. The molecule has 0 atom stereocenters. The lowest BCUT2D eigenvalue weighted by atomic mass is 10.7. The van der Waals surface area contributed by atoms with Crippen LogP contribution < -0.4 is 0 Å². The zero-order chi connectivity index (χ0) is 6.15. The largest absolute Gasteiger partial charge is 0.260 e. The zero-order valence-corrected chi connectivity index (χ0v) is 6.57. The Bertz CT molecular complexity index is 176. The van der Waals surface area contributed by atoms with Gasteiger partial charge >= 0.3 is 0 Å². The third-order valence-electron chi connectivity index (χ3n) is 0.825. The minimum absolute atomic E-state index is 0.646. The molecule has 1 aromatic heterocycles. The van der Waals surface area contributed by atoms with Crippen LogP contribution in [0.3, 0.4) is 0 Å². The number of rotatable bonds is 0. The molecule has 4 heteroatoms. The van der Waals surface area contributed by atoms with Gasteiger partial charge in [-0.2, -0.15) is 5.10 Å². The summed E-state index contributed by atoms with van der Waals surface area (Å²) in [6.45, 7) is 0. The summed E-state index contributed by atoms with van der Waals surface area (Å²) in [4.78, 5) is 0. The van der Waals surface area contributed by atoms with Crippen LogP contribution in [0.5, 0.6) is 0 Å². The van der Waals surface area contributed by atoms with Crippen LogP contribution >= 0.6 is 27.5 Å². The normalized spacial score (nSPS) is 9.88. The van der Waals surface area contributed by atoms with Crippen molar-refractivity contribution in [2.45, 2.75) is 0 Å². The van der Waals surface area contributed by atoms with Gasteiger partial charge in [-0.15, -0.1) is 0 Å². The van der Waals surface area contributed by atoms with Crippen molar-refractivity contribution in [3.05, 3.63) is 15.8 Å². The van der Waals surface area contributed by atoms with Crippen molar-refractivity contribution in [1.29, 1.82) is 0 Å². The van der Waals surface area contributed by atoms with Crippen molar-refractivity contribution in [3.63, 3.8) is 0 Å². The Morgan fingerprint density at radius 2 is 2.50 bits per heavy atom. The van der Waals surface area contributed by atoms with Crippen LogP contribution in [-0.2, 0) is 7.05 Å². The van der Waals surface area contributed by atoms with E-state index in [0.29, 0.717) is 5.02 Å². The van der Waals surface area contributed by atoms with Crippen molar-refractivity contribution < 1.29 is 0 Å². The van der Waals surface area contributed by atoms with Crippen LogP contribution in [0, 0.1) is 0 Å². The highest BCUT2D eigenvalue weighted by atomic mass is 79.9. The molecule has 1 aromatic rings. The molecule has 0 N–H and O–H groups in total. The fraction of sp³-hybridized carbons (Fsp3) is 0.250. The predicted octanol–water partition coefficient (Wildman–Crippen LogP) is 1.84. The van der Waals surface area contributed by atoms with E-state index in [2.05, 4.69) is 21.0 Å². The second-order valence-corrected chi connectivity index (χ2v) is 2.57. The van der Waals surface area contributed by atoms with Crippen LogP contribution in [0.1, 0.15) is 0 Å². The molecule has 44 valence electrons. The molecule has 2 nitrogen and oxygen atoms in total. The van der Waals surface area contributed by atoms with E-state index in [9.17, 15) is 0 Å². The van der Waals surface area contributed by atoms with Gasteiger partial charge in [0, 0.05) is 7.05 Å². The third-order valence-corrected chi connectivity index (χ3v) is 2.27. The fourth-order valence-electron chi connectivity index (χ4n) is 0.396. The first-order valence-electron chi connectivity index (χ1n) is 2.05. The maximum Gasteiger partial charge on any atom is 0.122 e. The Kier molecular flexibility index (Phi) is 1.58. The summed E-state index contributed by atoms with van der Waals surface area (Å²) in [5.41, 5.74) is 0. The van der Waals surface area contributed by atoms with Gasteiger partial charge in [0.15, 0.2) is 0 Å². The van der Waals surface area contributed by atoms with Gasteiger partial charge in [0.25, 0.3) is 0 Å². The van der Waals surface area contributed by atoms with Crippen molar-refractivity contribution in [2.24, 2.45) is 7.05 Å². The molecule has 0 radical (unpaired) electrons. The molecule has 0 saturated carbocycles. The lowest BCUT2D eigenvalue weighted by Crippen LogP contribution is -1.87. The van der Waals surface area contributed by atoms with Crippen LogP contribution in [0.15, 0.2) is 10.8 Å². The van der Waals surface area contributed by atoms with Crippen molar-refractivity contribution in [3.8, 4) is 0 Å². The lowest BCUT2D eigenvalue weighted by Gasteiger charge is -1.87. The van der Waals surface area contributed by atoms with Gasteiger partial charge in [0.2, 0.25) is 0 Å². The quantitative estimate of drug-likeness (QED) is 0.618. The smallest absolute Gasteiger partial charge is 0.122 e. The summed E-state index contributed by atoms with van der Waals surface area (Å²) in [5.74, 6) is 0. The van der Waals surface area contributed by atoms with E-state index in [1.807, 2.05) is 7.05 Å². The first-order chi connectivity index (χ1) is 3.72. The molecule has 8 heavy (non-hydrogen) atoms. The van der Waals surface area contributed by atoms with E-state index in [1.165, 1.54) is 0 Å². The first-order valence-corrected chi connectivity index (χ1v) is 3.22. The SMILES string of the molecule is Cn1ncc(Cl)c1Br. The highest BCUT2D eigenvalue weighted by Gasteiger charge is 1.98. The van der Waals surface area contributed by atoms with E-state index in [4.69, 9.17) is 11.6 Å². The molecule has 1 heterocycles. The van der Waals surface area contributed by atoms with Crippen molar-refractivity contribution >= 4 is 27.5 Å². The number of halogens is 2. The van der Waals surface area contributed by atoms with E-state index >= 15 is 0 Å². The monoisotopic (exact) mass is 194 g/mol. The molecular formula is C4H4BrClN2.